The molecule has 0 aliphatic carbocycles. The van der Waals surface area contributed by atoms with E-state index in [0.717, 1.165) is 30.5 Å². The maximum Gasteiger partial charge on any atom is 0.244 e. The Kier molecular flexibility index (Phi) is 4.74. The van der Waals surface area contributed by atoms with Gasteiger partial charge in [-0.15, -0.1) is 0 Å². The first kappa shape index (κ1) is 15.4. The van der Waals surface area contributed by atoms with Crippen molar-refractivity contribution in [3.05, 3.63) is 0 Å². The van der Waals surface area contributed by atoms with Crippen molar-refractivity contribution in [2.75, 3.05) is 45.0 Å². The average molecular weight is 304 g/mol. The number of rotatable bonds is 4. The molecule has 2 rings (SSSR count). The molecule has 2 aliphatic rings. The Morgan fingerprint density at radius 1 is 1.25 bits per heavy atom. The van der Waals surface area contributed by atoms with E-state index in [0.29, 0.717) is 6.54 Å². The highest BCUT2D eigenvalue weighted by molar-refractivity contribution is 7.89. The lowest BCUT2D eigenvalue weighted by molar-refractivity contribution is -0.136. The Labute approximate surface area is 118 Å². The topological polar surface area (TPSA) is 98.8 Å². The zero-order chi connectivity index (χ0) is 14.8. The van der Waals surface area contributed by atoms with Crippen molar-refractivity contribution >= 4 is 21.8 Å². The van der Waals surface area contributed by atoms with Crippen molar-refractivity contribution in [1.82, 2.24) is 19.8 Å². The third-order valence-corrected chi connectivity index (χ3v) is 5.46. The third kappa shape index (κ3) is 3.54. The predicted octanol–water partition coefficient (Wildman–Crippen LogP) is -2.43. The third-order valence-electron chi connectivity index (χ3n) is 3.61. The minimum atomic E-state index is -3.61. The van der Waals surface area contributed by atoms with E-state index in [1.807, 2.05) is 0 Å². The Hall–Kier alpha value is -1.03. The van der Waals surface area contributed by atoms with Gasteiger partial charge in [-0.1, -0.05) is 0 Å². The minimum Gasteiger partial charge on any atom is -0.314 e. The van der Waals surface area contributed by atoms with Crippen LogP contribution in [0, 0.1) is 0 Å². The number of nitrogens with zero attached hydrogens (tertiary/aromatic N) is 2. The van der Waals surface area contributed by atoms with Gasteiger partial charge in [0.05, 0.1) is 12.3 Å². The molecular weight excluding hydrogens is 284 g/mol. The molecule has 0 saturated carbocycles. The summed E-state index contributed by atoms with van der Waals surface area (Å²) in [5.74, 6) is -1.21. The number of nitrogens with one attached hydrogen (secondary N) is 2. The van der Waals surface area contributed by atoms with Crippen LogP contribution < -0.4 is 10.6 Å². The van der Waals surface area contributed by atoms with E-state index in [2.05, 4.69) is 15.5 Å². The minimum absolute atomic E-state index is 0.0715. The van der Waals surface area contributed by atoms with Crippen molar-refractivity contribution < 1.29 is 18.0 Å². The summed E-state index contributed by atoms with van der Waals surface area (Å²) in [4.78, 5) is 24.9. The highest BCUT2D eigenvalue weighted by Gasteiger charge is 2.37. The summed E-state index contributed by atoms with van der Waals surface area (Å²) in [6.45, 7) is 4.95. The largest absolute Gasteiger partial charge is 0.314 e. The van der Waals surface area contributed by atoms with Crippen LogP contribution in [0.15, 0.2) is 0 Å². The summed E-state index contributed by atoms with van der Waals surface area (Å²) in [6, 6.07) is -0.833. The van der Waals surface area contributed by atoms with Crippen LogP contribution in [0.5, 0.6) is 0 Å². The molecule has 2 N–H and O–H groups in total. The zero-order valence-corrected chi connectivity index (χ0v) is 12.3. The van der Waals surface area contributed by atoms with Gasteiger partial charge in [-0.3, -0.25) is 19.8 Å². The molecule has 0 aromatic rings. The molecule has 114 valence electrons. The van der Waals surface area contributed by atoms with Crippen molar-refractivity contribution in [3.8, 4) is 0 Å². The summed E-state index contributed by atoms with van der Waals surface area (Å²) >= 11 is 0. The maximum atomic E-state index is 12.3. The quantitative estimate of drug-likeness (QED) is 0.560. The van der Waals surface area contributed by atoms with Crippen LogP contribution in [-0.4, -0.2) is 80.5 Å². The number of piperazine rings is 2. The molecule has 2 saturated heterocycles. The molecule has 1 unspecified atom stereocenters. The van der Waals surface area contributed by atoms with Gasteiger partial charge >= 0.3 is 0 Å². The van der Waals surface area contributed by atoms with Gasteiger partial charge in [-0.25, -0.2) is 8.42 Å². The monoisotopic (exact) mass is 304 g/mol. The van der Waals surface area contributed by atoms with Gasteiger partial charge in [0.15, 0.2) is 0 Å². The second-order valence-electron chi connectivity index (χ2n) is 5.04. The van der Waals surface area contributed by atoms with E-state index in [4.69, 9.17) is 0 Å². The van der Waals surface area contributed by atoms with E-state index >= 15 is 0 Å². The van der Waals surface area contributed by atoms with Crippen molar-refractivity contribution in [1.29, 1.82) is 0 Å². The standard InChI is InChI=1S/C11H20N4O4S/c1-9-11(17)13-10(16)8-15(9)20(18,19)7-6-14-4-2-12-3-5-14/h9,12H,2-8H2,1H3,(H,13,16,17). The summed E-state index contributed by atoms with van der Waals surface area (Å²) in [5.41, 5.74) is 0. The van der Waals surface area contributed by atoms with Crippen LogP contribution in [0.1, 0.15) is 6.92 Å². The Bertz CT molecular complexity index is 487. The van der Waals surface area contributed by atoms with Crippen LogP contribution in [-0.2, 0) is 19.6 Å². The molecule has 2 fully saturated rings. The lowest BCUT2D eigenvalue weighted by atomic mass is 10.2. The Morgan fingerprint density at radius 2 is 1.90 bits per heavy atom. The summed E-state index contributed by atoms with van der Waals surface area (Å²) in [6.07, 6.45) is 0. The lowest BCUT2D eigenvalue weighted by Gasteiger charge is -2.32. The molecule has 20 heavy (non-hydrogen) atoms. The normalized spacial score (nSPS) is 26.6. The molecule has 0 spiro atoms. The highest BCUT2D eigenvalue weighted by Crippen LogP contribution is 2.12. The first-order chi connectivity index (χ1) is 9.40. The zero-order valence-electron chi connectivity index (χ0n) is 11.5. The van der Waals surface area contributed by atoms with Gasteiger partial charge in [-0.2, -0.15) is 4.31 Å². The molecule has 2 heterocycles. The van der Waals surface area contributed by atoms with Crippen molar-refractivity contribution in [2.45, 2.75) is 13.0 Å². The van der Waals surface area contributed by atoms with Gasteiger partial charge < -0.3 is 5.32 Å². The molecule has 2 aliphatic heterocycles. The fraction of sp³-hybridized carbons (Fsp3) is 0.818. The van der Waals surface area contributed by atoms with E-state index in [1.54, 1.807) is 0 Å². The van der Waals surface area contributed by atoms with Crippen LogP contribution >= 0.6 is 0 Å². The van der Waals surface area contributed by atoms with Crippen LogP contribution in [0.25, 0.3) is 0 Å². The number of carbonyl (C=O) groups excluding carboxylic acids is 2. The Morgan fingerprint density at radius 3 is 2.55 bits per heavy atom. The summed E-state index contributed by atoms with van der Waals surface area (Å²) in [5, 5.41) is 5.33. The molecule has 2 amide bonds. The number of hydrogen-bond acceptors (Lipinski definition) is 6. The van der Waals surface area contributed by atoms with E-state index in [-0.39, 0.29) is 12.3 Å². The highest BCUT2D eigenvalue weighted by atomic mass is 32.2. The molecule has 0 bridgehead atoms. The van der Waals surface area contributed by atoms with Crippen LogP contribution in [0.4, 0.5) is 0 Å². The maximum absolute atomic E-state index is 12.3. The smallest absolute Gasteiger partial charge is 0.244 e. The molecular formula is C11H20N4O4S. The van der Waals surface area contributed by atoms with Crippen LogP contribution in [0.3, 0.4) is 0 Å². The number of sulfonamides is 1. The van der Waals surface area contributed by atoms with Gasteiger partial charge in [-0.05, 0) is 6.92 Å². The van der Waals surface area contributed by atoms with E-state index in [9.17, 15) is 18.0 Å². The van der Waals surface area contributed by atoms with Crippen molar-refractivity contribution in [3.63, 3.8) is 0 Å². The number of imide groups is 1. The predicted molar refractivity (Wildman–Crippen MR) is 72.4 cm³/mol. The molecule has 0 radical (unpaired) electrons. The Balaban J connectivity index is 1.97. The lowest BCUT2D eigenvalue weighted by Crippen LogP contribution is -2.59. The van der Waals surface area contributed by atoms with E-state index < -0.39 is 27.9 Å². The number of hydrogen-bond donors (Lipinski definition) is 2. The molecule has 9 heteroatoms. The second-order valence-corrected chi connectivity index (χ2v) is 7.08. The summed E-state index contributed by atoms with van der Waals surface area (Å²) < 4.78 is 25.6. The van der Waals surface area contributed by atoms with E-state index in [1.165, 1.54) is 6.92 Å². The fourth-order valence-electron chi connectivity index (χ4n) is 2.33. The molecule has 0 aromatic heterocycles. The van der Waals surface area contributed by atoms with Gasteiger partial charge in [0.2, 0.25) is 21.8 Å². The van der Waals surface area contributed by atoms with Crippen molar-refractivity contribution in [2.24, 2.45) is 0 Å². The van der Waals surface area contributed by atoms with Crippen LogP contribution in [0.2, 0.25) is 0 Å². The first-order valence-corrected chi connectivity index (χ1v) is 8.27. The van der Waals surface area contributed by atoms with Gasteiger partial charge in [0.1, 0.15) is 6.04 Å². The molecule has 0 aromatic carbocycles. The molecule has 8 nitrogen and oxygen atoms in total. The van der Waals surface area contributed by atoms with Gasteiger partial charge in [0, 0.05) is 32.7 Å². The fourth-order valence-corrected chi connectivity index (χ4v) is 3.94. The van der Waals surface area contributed by atoms with Gasteiger partial charge in [0.25, 0.3) is 0 Å². The number of amides is 2. The summed E-state index contributed by atoms with van der Waals surface area (Å²) in [7, 11) is -3.61. The second kappa shape index (κ2) is 6.17. The SMILES string of the molecule is CC1C(=O)NC(=O)CN1S(=O)(=O)CCN1CCNCC1. The number of carbonyl (C=O) groups is 2. The first-order valence-electron chi connectivity index (χ1n) is 6.66. The average Bonchev–Trinajstić information content (AvgIpc) is 2.42. The molecule has 1 atom stereocenters.